The van der Waals surface area contributed by atoms with E-state index in [9.17, 15) is 0 Å². The smallest absolute Gasteiger partial charge is 0.00168 e. The number of hydrogen-bond acceptors (Lipinski definition) is 0. The molecule has 25 aliphatic carbocycles. The molecule has 25 aliphatic rings. The quantitative estimate of drug-likeness (QED) is 0.197. The normalized spacial score (nSPS) is 21.7. The van der Waals surface area contributed by atoms with E-state index in [0.717, 1.165) is 38.5 Å². The topological polar surface area (TPSA) is 0 Å². The summed E-state index contributed by atoms with van der Waals surface area (Å²) in [6.07, 6.45) is 136. The number of benzene rings is 3. The molecule has 0 heterocycles. The first-order chi connectivity index (χ1) is 58.1. The molecule has 28 rings (SSSR count). The largest absolute Gasteiger partial charge is 0.0838 e. The lowest BCUT2D eigenvalue weighted by Gasteiger charge is -2.13. The van der Waals surface area contributed by atoms with Crippen molar-refractivity contribution < 1.29 is 0 Å². The van der Waals surface area contributed by atoms with Crippen LogP contribution in [0.4, 0.5) is 0 Å². The van der Waals surface area contributed by atoms with E-state index in [1.807, 2.05) is 0 Å². The predicted molar refractivity (Wildman–Crippen MR) is 507 cm³/mol. The van der Waals surface area contributed by atoms with E-state index < -0.39 is 0 Å². The van der Waals surface area contributed by atoms with Gasteiger partial charge in [0.1, 0.15) is 0 Å². The van der Waals surface area contributed by atoms with Crippen molar-refractivity contribution in [1.29, 1.82) is 0 Å². The molecule has 0 atom stereocenters. The molecule has 4 fully saturated rings. The van der Waals surface area contributed by atoms with Crippen molar-refractivity contribution in [3.63, 3.8) is 0 Å². The third-order valence-electron chi connectivity index (χ3n) is 26.4. The number of hydrogen-bond donors (Lipinski definition) is 0. The first-order valence-electron chi connectivity index (χ1n) is 45.8. The molecule has 0 nitrogen and oxygen atoms in total. The van der Waals surface area contributed by atoms with Gasteiger partial charge in [0, 0.05) is 0 Å². The van der Waals surface area contributed by atoms with E-state index >= 15 is 0 Å². The van der Waals surface area contributed by atoms with Crippen molar-refractivity contribution in [2.45, 2.75) is 250 Å². The summed E-state index contributed by atoms with van der Waals surface area (Å²) in [5.41, 5.74) is 40.9. The second kappa shape index (κ2) is 43.9. The maximum absolute atomic E-state index is 2.38. The molecule has 3 aromatic carbocycles. The van der Waals surface area contributed by atoms with Crippen LogP contribution in [0.15, 0.2) is 402 Å². The lowest BCUT2D eigenvalue weighted by Crippen LogP contribution is -2.19. The molecule has 0 N–H and O–H groups in total. The van der Waals surface area contributed by atoms with Crippen molar-refractivity contribution in [3.8, 4) is 0 Å². The third-order valence-corrected chi connectivity index (χ3v) is 26.4. The minimum atomic E-state index is 1.11. The highest BCUT2D eigenvalue weighted by molar-refractivity contribution is 5.81. The van der Waals surface area contributed by atoms with Crippen LogP contribution >= 0.6 is 0 Å². The fourth-order valence-corrected chi connectivity index (χ4v) is 19.9. The minimum Gasteiger partial charge on any atom is -0.0838 e. The van der Waals surface area contributed by atoms with Gasteiger partial charge in [0.15, 0.2) is 0 Å². The highest BCUT2D eigenvalue weighted by Gasteiger charge is 2.26. The van der Waals surface area contributed by atoms with Crippen LogP contribution < -0.4 is 10.4 Å². The molecule has 0 saturated heterocycles. The first kappa shape index (κ1) is 82.0. The van der Waals surface area contributed by atoms with Crippen LogP contribution in [-0.2, 0) is 12.8 Å². The molecule has 596 valence electrons. The Bertz CT molecular complexity index is 4980. The number of allylic oxidation sites excluding steroid dienone is 57. The van der Waals surface area contributed by atoms with Gasteiger partial charge in [-0.1, -0.05) is 347 Å². The predicted octanol–water partition coefficient (Wildman–Crippen LogP) is 31.5. The van der Waals surface area contributed by atoms with Gasteiger partial charge in [-0.3, -0.25) is 0 Å². The number of fused-ring (bicyclic) bond motifs is 10. The van der Waals surface area contributed by atoms with E-state index in [4.69, 9.17) is 0 Å². The molecular weight excluding hydrogens is 1410 g/mol. The maximum Gasteiger partial charge on any atom is -0.00168 e. The molecule has 3 aromatic rings. The Morgan fingerprint density at radius 3 is 1.15 bits per heavy atom. The van der Waals surface area contributed by atoms with E-state index in [1.165, 1.54) is 278 Å². The minimum absolute atomic E-state index is 1.11. The fourth-order valence-electron chi connectivity index (χ4n) is 19.9. The van der Waals surface area contributed by atoms with Gasteiger partial charge in [0.05, 0.1) is 0 Å². The van der Waals surface area contributed by atoms with Gasteiger partial charge in [-0.05, 0) is 362 Å². The van der Waals surface area contributed by atoms with Crippen LogP contribution in [0.2, 0.25) is 0 Å². The van der Waals surface area contributed by atoms with Gasteiger partial charge in [-0.15, -0.1) is 0 Å². The van der Waals surface area contributed by atoms with E-state index in [1.54, 1.807) is 89.2 Å². The molecule has 0 aliphatic heterocycles. The van der Waals surface area contributed by atoms with E-state index in [0.29, 0.717) is 0 Å². The zero-order valence-electron chi connectivity index (χ0n) is 70.4. The second-order valence-corrected chi connectivity index (χ2v) is 34.2. The first-order valence-corrected chi connectivity index (χ1v) is 45.8. The van der Waals surface area contributed by atoms with Crippen LogP contribution in [0.25, 0.3) is 23.8 Å². The van der Waals surface area contributed by atoms with Crippen molar-refractivity contribution in [2.75, 3.05) is 0 Å². The lowest BCUT2D eigenvalue weighted by molar-refractivity contribution is 0.682. The molecular formula is C117H128. The zero-order chi connectivity index (χ0) is 79.1. The summed E-state index contributed by atoms with van der Waals surface area (Å²) in [6.45, 7) is 0. The average molecular weight is 1530 g/mol. The van der Waals surface area contributed by atoms with Gasteiger partial charge < -0.3 is 0 Å². The number of rotatable bonds is 0. The molecule has 0 unspecified atom stereocenters. The second-order valence-electron chi connectivity index (χ2n) is 34.2. The summed E-state index contributed by atoms with van der Waals surface area (Å²) >= 11 is 0. The zero-order valence-corrected chi connectivity index (χ0v) is 70.4. The fraction of sp³-hybridized carbons (Fsp3) is 0.333. The SMILES string of the molecule is C1=C2CCCC2=CC1.C1=C2CCCC2=CC1.C1=C2CCCCC2=CC1.C1=CC2=C(C1)C1=C(C=CC1)C2.C1=CC2=C(C1)CC=C2.C1=CC2=C(C1)CCC2.C1=CC2=C(C1)c1ccccc1C2.C1=CC2=C(C=CC2)C1.C1=CC2=CCC=C2C1.C1=CCC2=CCC=C2C1.C1=CCC=C1.C1=Cc2ccccc2C1.C1=c2ccccc2=CC1.C1CCCC1. The highest BCUT2D eigenvalue weighted by Crippen LogP contribution is 2.45. The van der Waals surface area contributed by atoms with Gasteiger partial charge >= 0.3 is 0 Å². The van der Waals surface area contributed by atoms with Crippen LogP contribution in [0.1, 0.15) is 260 Å². The average Bonchev–Trinajstić information content (AvgIpc) is 1.63. The lowest BCUT2D eigenvalue weighted by atomic mass is 9.92. The Hall–Kier alpha value is -10.1. The van der Waals surface area contributed by atoms with Crippen molar-refractivity contribution >= 4 is 23.8 Å². The summed E-state index contributed by atoms with van der Waals surface area (Å²) in [5.74, 6) is 0. The monoisotopic (exact) mass is 1530 g/mol. The van der Waals surface area contributed by atoms with Crippen LogP contribution in [0.3, 0.4) is 0 Å². The maximum atomic E-state index is 2.38. The van der Waals surface area contributed by atoms with Crippen LogP contribution in [0, 0.1) is 0 Å². The molecule has 0 amide bonds. The molecule has 0 heteroatoms. The molecule has 0 aromatic heterocycles. The third kappa shape index (κ3) is 23.4. The molecule has 0 radical (unpaired) electrons. The molecule has 4 saturated carbocycles. The van der Waals surface area contributed by atoms with Crippen molar-refractivity contribution in [3.05, 3.63) is 435 Å². The Labute approximate surface area is 704 Å². The summed E-state index contributed by atoms with van der Waals surface area (Å²) in [4.78, 5) is 0. The van der Waals surface area contributed by atoms with Crippen molar-refractivity contribution in [1.82, 2.24) is 0 Å². The van der Waals surface area contributed by atoms with Gasteiger partial charge in [-0.2, -0.15) is 0 Å². The Morgan fingerprint density at radius 1 is 0.205 bits per heavy atom. The summed E-state index contributed by atoms with van der Waals surface area (Å²) in [6, 6.07) is 25.7. The summed E-state index contributed by atoms with van der Waals surface area (Å²) < 4.78 is 0. The van der Waals surface area contributed by atoms with Crippen molar-refractivity contribution in [2.24, 2.45) is 0 Å². The Morgan fingerprint density at radius 2 is 0.615 bits per heavy atom. The van der Waals surface area contributed by atoms with Crippen LogP contribution in [0.5, 0.6) is 0 Å². The van der Waals surface area contributed by atoms with Gasteiger partial charge in [0.25, 0.3) is 0 Å². The van der Waals surface area contributed by atoms with Crippen LogP contribution in [-0.4, -0.2) is 0 Å². The Kier molecular flexibility index (Phi) is 30.8. The molecule has 0 bridgehead atoms. The van der Waals surface area contributed by atoms with E-state index in [-0.39, 0.29) is 0 Å². The summed E-state index contributed by atoms with van der Waals surface area (Å²) in [5, 5.41) is 2.77. The van der Waals surface area contributed by atoms with Gasteiger partial charge in [-0.25, -0.2) is 0 Å². The van der Waals surface area contributed by atoms with Gasteiger partial charge in [0.2, 0.25) is 0 Å². The standard InChI is InChI=1S/C12H10.C11H10.C9H12.C9H10.2C9H8.3C8H10.3C8H8.C5H10.C5H6/c1-2-6-11-9(4-1)8-10-5-3-7-12(10)11;1-3-8-7-9-4-2-6-11(9)10(8)5-1;4*1-2-5-9-7-3-6-8(9)4-1;6*1-3-7-5-2-6-8(7)4-1;2*1-2-4-5-3-1/h1-6H,7-8H2;1-4H,5-7H2;6-7H,1-5H2;1-2,6-7H,3-5H2;1-2,4-7H,3H2;1-6H,7H2;2*3-4H,1-2,5-6H2;1,3H,2,4-6H2;1,3,5-6H,2,4H2;1-3,6H,4-5H2;1-3,5H,4,6H2;1-5H2;1-4H,5H2. The van der Waals surface area contributed by atoms with E-state index in [2.05, 4.69) is 304 Å². The Balaban J connectivity index is 0.0000000992. The summed E-state index contributed by atoms with van der Waals surface area (Å²) in [7, 11) is 0. The molecule has 117 heavy (non-hydrogen) atoms. The molecule has 0 spiro atoms. The highest BCUT2D eigenvalue weighted by atomic mass is 14.3.